The molecule has 0 aromatic rings. The summed E-state index contributed by atoms with van der Waals surface area (Å²) < 4.78 is 15.9. The minimum Gasteiger partial charge on any atom is -0.456 e. The summed E-state index contributed by atoms with van der Waals surface area (Å²) in [6.45, 7) is 14.9. The Labute approximate surface area is 160 Å². The normalized spacial score (nSPS) is 17.0. The Morgan fingerprint density at radius 3 is 1.26 bits per heavy atom. The van der Waals surface area contributed by atoms with Gasteiger partial charge in [-0.3, -0.25) is 5.73 Å². The van der Waals surface area contributed by atoms with Crippen LogP contribution >= 0.6 is 0 Å². The minimum atomic E-state index is -2.28. The van der Waals surface area contributed by atoms with Crippen LogP contribution in [0.15, 0.2) is 12.4 Å². The van der Waals surface area contributed by atoms with E-state index in [0.717, 1.165) is 9.80 Å². The number of rotatable bonds is 1. The number of ether oxygens (including phenoxy) is 3. The van der Waals surface area contributed by atoms with Crippen LogP contribution in [0.3, 0.4) is 0 Å². The summed E-state index contributed by atoms with van der Waals surface area (Å²) in [6, 6.07) is 0. The molecule has 27 heavy (non-hydrogen) atoms. The highest BCUT2D eigenvalue weighted by atomic mass is 16.6. The minimum absolute atomic E-state index is 0.816. The van der Waals surface area contributed by atoms with Crippen molar-refractivity contribution in [3.8, 4) is 0 Å². The molecule has 154 valence electrons. The average molecular weight is 385 g/mol. The fourth-order valence-electron chi connectivity index (χ4n) is 2.05. The number of hydrogen-bond donors (Lipinski definition) is 1. The third kappa shape index (κ3) is 5.85. The van der Waals surface area contributed by atoms with Gasteiger partial charge in [0.05, 0.1) is 0 Å². The predicted molar refractivity (Wildman–Crippen MR) is 98.0 cm³/mol. The van der Waals surface area contributed by atoms with E-state index in [1.807, 2.05) is 0 Å². The Balaban J connectivity index is 3.29. The van der Waals surface area contributed by atoms with Crippen LogP contribution in [0.2, 0.25) is 0 Å². The van der Waals surface area contributed by atoms with Gasteiger partial charge in [-0.25, -0.2) is 24.2 Å². The Hall–Kier alpha value is -2.29. The van der Waals surface area contributed by atoms with Crippen molar-refractivity contribution in [3.63, 3.8) is 0 Å². The molecule has 9 nitrogen and oxygen atoms in total. The quantitative estimate of drug-likeness (QED) is 0.545. The molecule has 1 aliphatic heterocycles. The Bertz CT molecular complexity index is 599. The van der Waals surface area contributed by atoms with Gasteiger partial charge in [0.25, 0.3) is 5.79 Å². The number of nitrogens with zero attached hydrogens (tertiary/aromatic N) is 2. The molecule has 2 amide bonds. The third-order valence-corrected chi connectivity index (χ3v) is 2.98. The van der Waals surface area contributed by atoms with Crippen molar-refractivity contribution in [1.29, 1.82) is 0 Å². The molecule has 0 saturated carbocycles. The molecule has 0 unspecified atom stereocenters. The first-order chi connectivity index (χ1) is 11.9. The van der Waals surface area contributed by atoms with Crippen molar-refractivity contribution in [2.75, 3.05) is 0 Å². The average Bonchev–Trinajstić information content (AvgIpc) is 2.71. The van der Waals surface area contributed by atoms with E-state index >= 15 is 0 Å². The smallest absolute Gasteiger partial charge is 0.417 e. The van der Waals surface area contributed by atoms with E-state index in [2.05, 4.69) is 0 Å². The maximum absolute atomic E-state index is 12.9. The van der Waals surface area contributed by atoms with Gasteiger partial charge in [-0.2, -0.15) is 0 Å². The predicted octanol–water partition coefficient (Wildman–Crippen LogP) is 2.90. The molecule has 0 bridgehead atoms. The van der Waals surface area contributed by atoms with Crippen LogP contribution in [-0.4, -0.2) is 50.5 Å². The highest BCUT2D eigenvalue weighted by molar-refractivity contribution is 5.91. The molecule has 0 spiro atoms. The van der Waals surface area contributed by atoms with Crippen molar-refractivity contribution < 1.29 is 28.6 Å². The molecule has 0 atom stereocenters. The second-order valence-electron chi connectivity index (χ2n) is 9.23. The van der Waals surface area contributed by atoms with Gasteiger partial charge in [0, 0.05) is 12.4 Å². The molecule has 0 fully saturated rings. The van der Waals surface area contributed by atoms with E-state index in [0.29, 0.717) is 0 Å². The van der Waals surface area contributed by atoms with Crippen molar-refractivity contribution in [1.82, 2.24) is 9.80 Å². The largest absolute Gasteiger partial charge is 0.456 e. The fourth-order valence-corrected chi connectivity index (χ4v) is 2.05. The zero-order valence-electron chi connectivity index (χ0n) is 17.6. The van der Waals surface area contributed by atoms with E-state index in [1.165, 1.54) is 12.4 Å². The van der Waals surface area contributed by atoms with Gasteiger partial charge >= 0.3 is 18.2 Å². The zero-order valence-corrected chi connectivity index (χ0v) is 17.6. The summed E-state index contributed by atoms with van der Waals surface area (Å²) in [4.78, 5) is 39.7. The highest BCUT2D eigenvalue weighted by Crippen LogP contribution is 2.30. The number of carbonyl (C=O) groups is 3. The van der Waals surface area contributed by atoms with Crippen LogP contribution in [0.25, 0.3) is 0 Å². The number of hydrogen-bond acceptors (Lipinski definition) is 7. The van der Waals surface area contributed by atoms with Crippen molar-refractivity contribution in [2.24, 2.45) is 5.73 Å². The first kappa shape index (κ1) is 22.8. The van der Waals surface area contributed by atoms with E-state index in [-0.39, 0.29) is 0 Å². The fraction of sp³-hybridized carbons (Fsp3) is 0.722. The first-order valence-electron chi connectivity index (χ1n) is 8.62. The van der Waals surface area contributed by atoms with Gasteiger partial charge in [0.15, 0.2) is 0 Å². The molecule has 0 radical (unpaired) electrons. The van der Waals surface area contributed by atoms with Crippen LogP contribution in [0.4, 0.5) is 9.59 Å². The van der Waals surface area contributed by atoms with Crippen LogP contribution in [0.1, 0.15) is 62.3 Å². The molecule has 1 heterocycles. The summed E-state index contributed by atoms with van der Waals surface area (Å²) in [5, 5.41) is 0. The topological polar surface area (TPSA) is 111 Å². The van der Waals surface area contributed by atoms with Crippen molar-refractivity contribution in [2.45, 2.75) is 84.9 Å². The van der Waals surface area contributed by atoms with Gasteiger partial charge < -0.3 is 14.2 Å². The van der Waals surface area contributed by atoms with Gasteiger partial charge in [-0.15, -0.1) is 0 Å². The highest BCUT2D eigenvalue weighted by Gasteiger charge is 2.56. The summed E-state index contributed by atoms with van der Waals surface area (Å²) >= 11 is 0. The molecule has 9 heteroatoms. The monoisotopic (exact) mass is 385 g/mol. The van der Waals surface area contributed by atoms with Gasteiger partial charge in [-0.1, -0.05) is 0 Å². The van der Waals surface area contributed by atoms with Gasteiger partial charge in [0.1, 0.15) is 16.8 Å². The maximum Gasteiger partial charge on any atom is 0.417 e. The van der Waals surface area contributed by atoms with E-state index in [1.54, 1.807) is 62.3 Å². The van der Waals surface area contributed by atoms with Crippen molar-refractivity contribution in [3.05, 3.63) is 12.4 Å². The Kier molecular flexibility index (Phi) is 5.92. The van der Waals surface area contributed by atoms with Crippen LogP contribution in [0, 0.1) is 0 Å². The lowest BCUT2D eigenvalue weighted by Crippen LogP contribution is -2.70. The number of esters is 1. The number of carbonyl (C=O) groups excluding carboxylic acids is 3. The summed E-state index contributed by atoms with van der Waals surface area (Å²) in [6.07, 6.45) is 0.556. The molecular formula is C18H31N3O6. The zero-order chi connectivity index (χ0) is 21.4. The molecule has 2 N–H and O–H groups in total. The van der Waals surface area contributed by atoms with Crippen LogP contribution in [-0.2, 0) is 19.0 Å². The van der Waals surface area contributed by atoms with Crippen molar-refractivity contribution >= 4 is 18.2 Å². The lowest BCUT2D eigenvalue weighted by molar-refractivity contribution is -0.175. The number of amides is 2. The second kappa shape index (κ2) is 7.03. The molecule has 0 aromatic carbocycles. The number of nitrogens with two attached hydrogens (primary N) is 1. The van der Waals surface area contributed by atoms with Crippen LogP contribution in [0.5, 0.6) is 0 Å². The Morgan fingerprint density at radius 1 is 0.704 bits per heavy atom. The molecule has 1 rings (SSSR count). The van der Waals surface area contributed by atoms with Gasteiger partial charge in [0.2, 0.25) is 0 Å². The molecule has 0 saturated heterocycles. The summed E-state index contributed by atoms with van der Waals surface area (Å²) in [5.41, 5.74) is 3.68. The van der Waals surface area contributed by atoms with E-state index in [9.17, 15) is 14.4 Å². The molecule has 0 aromatic heterocycles. The summed E-state index contributed by atoms with van der Waals surface area (Å²) in [5.74, 6) is -3.28. The third-order valence-electron chi connectivity index (χ3n) is 2.98. The van der Waals surface area contributed by atoms with E-state index < -0.39 is 40.7 Å². The maximum atomic E-state index is 12.9. The SMILES string of the molecule is CC(C)(C)OC(=O)N1C=CN(C(=O)OC(C)(C)C)C1(N)C(=O)OC(C)(C)C. The molecule has 1 aliphatic rings. The first-order valence-corrected chi connectivity index (χ1v) is 8.62. The Morgan fingerprint density at radius 2 is 1.00 bits per heavy atom. The second-order valence-corrected chi connectivity index (χ2v) is 9.23. The van der Waals surface area contributed by atoms with Crippen LogP contribution < -0.4 is 5.73 Å². The van der Waals surface area contributed by atoms with Gasteiger partial charge in [-0.05, 0) is 62.3 Å². The lowest BCUT2D eigenvalue weighted by Gasteiger charge is -2.39. The lowest BCUT2D eigenvalue weighted by atomic mass is 10.2. The molecule has 0 aliphatic carbocycles. The summed E-state index contributed by atoms with van der Waals surface area (Å²) in [7, 11) is 0. The standard InChI is InChI=1S/C18H31N3O6/c1-15(2,3)25-12(22)18(19)20(13(23)26-16(4,5)6)10-11-21(18)14(24)27-17(7,8)9/h10-11H,19H2,1-9H3. The van der Waals surface area contributed by atoms with E-state index in [4.69, 9.17) is 19.9 Å². The molecular weight excluding hydrogens is 354 g/mol.